The van der Waals surface area contributed by atoms with Crippen LogP contribution in [0, 0.1) is 0 Å². The number of rotatable bonds is 7. The number of nitrogens with one attached hydrogen (secondary N) is 1. The molecule has 3 aromatic rings. The molecule has 0 aliphatic heterocycles. The Labute approximate surface area is 163 Å². The van der Waals surface area contributed by atoms with Gasteiger partial charge in [-0.05, 0) is 56.2 Å². The summed E-state index contributed by atoms with van der Waals surface area (Å²) in [5, 5.41) is 12.0. The minimum absolute atomic E-state index is 0.00715. The topological polar surface area (TPSA) is 85.0 Å². The number of hydrogen-bond acceptors (Lipinski definition) is 4. The van der Waals surface area contributed by atoms with Crippen molar-refractivity contribution in [3.63, 3.8) is 0 Å². The quantitative estimate of drug-likeness (QED) is 0.652. The van der Waals surface area contributed by atoms with Crippen LogP contribution in [0.3, 0.4) is 0 Å². The van der Waals surface area contributed by atoms with E-state index in [1.165, 1.54) is 4.57 Å². The van der Waals surface area contributed by atoms with Crippen LogP contribution in [0.4, 0.5) is 0 Å². The van der Waals surface area contributed by atoms with Crippen LogP contribution in [-0.2, 0) is 17.8 Å². The molecule has 0 saturated heterocycles. The number of aliphatic hydroxyl groups is 1. The molecule has 0 bridgehead atoms. The van der Waals surface area contributed by atoms with Crippen LogP contribution in [0.15, 0.2) is 47.5 Å². The van der Waals surface area contributed by atoms with Crippen LogP contribution in [0.25, 0.3) is 16.8 Å². The number of amides is 1. The molecule has 0 aliphatic rings. The van der Waals surface area contributed by atoms with Crippen molar-refractivity contribution in [2.24, 2.45) is 0 Å². The van der Waals surface area contributed by atoms with Gasteiger partial charge in [0.1, 0.15) is 17.8 Å². The van der Waals surface area contributed by atoms with E-state index in [2.05, 4.69) is 5.32 Å². The highest BCUT2D eigenvalue weighted by Gasteiger charge is 2.16. The summed E-state index contributed by atoms with van der Waals surface area (Å²) in [6.07, 6.45) is 4.13. The lowest BCUT2D eigenvalue weighted by Crippen LogP contribution is -2.36. The summed E-state index contributed by atoms with van der Waals surface area (Å²) in [4.78, 5) is 25.5. The zero-order valence-corrected chi connectivity index (χ0v) is 16.3. The summed E-state index contributed by atoms with van der Waals surface area (Å²) in [6.45, 7) is 3.69. The van der Waals surface area contributed by atoms with Crippen LogP contribution in [0.5, 0.6) is 5.75 Å². The summed E-state index contributed by atoms with van der Waals surface area (Å²) >= 11 is 0. The van der Waals surface area contributed by atoms with Crippen molar-refractivity contribution >= 4 is 11.4 Å². The van der Waals surface area contributed by atoms with Crippen molar-refractivity contribution in [2.75, 3.05) is 13.7 Å². The first-order chi connectivity index (χ1) is 13.4. The molecule has 0 unspecified atom stereocenters. The largest absolute Gasteiger partial charge is 0.497 e. The molecule has 148 valence electrons. The highest BCUT2D eigenvalue weighted by molar-refractivity contribution is 5.77. The molecule has 0 aliphatic carbocycles. The molecule has 0 atom stereocenters. The summed E-state index contributed by atoms with van der Waals surface area (Å²) < 4.78 is 8.44. The van der Waals surface area contributed by atoms with Gasteiger partial charge < -0.3 is 19.6 Å². The zero-order chi connectivity index (χ0) is 20.3. The van der Waals surface area contributed by atoms with E-state index < -0.39 is 0 Å². The summed E-state index contributed by atoms with van der Waals surface area (Å²) in [6, 6.07) is 9.08. The number of methoxy groups -OCH3 is 1. The normalized spacial score (nSPS) is 11.2. The first-order valence-electron chi connectivity index (χ1n) is 9.22. The number of nitrogens with zero attached hydrogens (tertiary/aromatic N) is 2. The number of carbonyl (C=O) groups excluding carboxylic acids is 1. The van der Waals surface area contributed by atoms with Gasteiger partial charge >= 0.3 is 0 Å². The van der Waals surface area contributed by atoms with E-state index in [1.54, 1.807) is 17.6 Å². The first kappa shape index (κ1) is 19.7. The van der Waals surface area contributed by atoms with Crippen LogP contribution < -0.4 is 15.6 Å². The van der Waals surface area contributed by atoms with E-state index in [0.717, 1.165) is 11.1 Å². The maximum absolute atomic E-state index is 13.2. The third-order valence-corrected chi connectivity index (χ3v) is 4.46. The second-order valence-corrected chi connectivity index (χ2v) is 6.97. The lowest BCUT2D eigenvalue weighted by atomic mass is 10.1. The smallest absolute Gasteiger partial charge is 0.275 e. The Morgan fingerprint density at radius 3 is 2.54 bits per heavy atom. The Kier molecular flexibility index (Phi) is 5.84. The second kappa shape index (κ2) is 8.31. The fourth-order valence-electron chi connectivity index (χ4n) is 3.19. The van der Waals surface area contributed by atoms with Crippen LogP contribution in [0.1, 0.15) is 19.4 Å². The molecule has 1 amide bonds. The van der Waals surface area contributed by atoms with Gasteiger partial charge in [-0.1, -0.05) is 0 Å². The standard InChI is InChI=1S/C21H25N3O4/c1-14(2)22-20(26)13-24-19(16-4-6-17(28-3)7-5-16)12-23-11-15(8-9-25)10-18(23)21(24)27/h4-7,10-12,14,25H,8-9,13H2,1-3H3,(H,22,26). The predicted octanol–water partition coefficient (Wildman–Crippen LogP) is 1.84. The lowest BCUT2D eigenvalue weighted by Gasteiger charge is -2.15. The average molecular weight is 383 g/mol. The average Bonchev–Trinajstić information content (AvgIpc) is 3.06. The van der Waals surface area contributed by atoms with E-state index >= 15 is 0 Å². The number of carbonyl (C=O) groups is 1. The van der Waals surface area contributed by atoms with Crippen LogP contribution in [0.2, 0.25) is 0 Å². The number of ether oxygens (including phenoxy) is 1. The molecule has 3 rings (SSSR count). The van der Waals surface area contributed by atoms with Crippen molar-refractivity contribution in [3.05, 3.63) is 58.6 Å². The van der Waals surface area contributed by atoms with Crippen molar-refractivity contribution in [3.8, 4) is 17.0 Å². The van der Waals surface area contributed by atoms with Crippen molar-refractivity contribution in [1.29, 1.82) is 0 Å². The van der Waals surface area contributed by atoms with E-state index in [4.69, 9.17) is 4.74 Å². The molecule has 2 heterocycles. The monoisotopic (exact) mass is 383 g/mol. The van der Waals surface area contributed by atoms with Gasteiger partial charge in [-0.25, -0.2) is 0 Å². The van der Waals surface area contributed by atoms with Gasteiger partial charge in [-0.3, -0.25) is 14.2 Å². The SMILES string of the molecule is COc1ccc(-c2cn3cc(CCO)cc3c(=O)n2CC(=O)NC(C)C)cc1. The van der Waals surface area contributed by atoms with Gasteiger partial charge in [-0.2, -0.15) is 0 Å². The van der Waals surface area contributed by atoms with Crippen LogP contribution in [-0.4, -0.2) is 39.7 Å². The van der Waals surface area contributed by atoms with Gasteiger partial charge in [0, 0.05) is 30.6 Å². The molecule has 2 N–H and O–H groups in total. The Morgan fingerprint density at radius 1 is 1.21 bits per heavy atom. The van der Waals surface area contributed by atoms with E-state index in [9.17, 15) is 14.7 Å². The minimum Gasteiger partial charge on any atom is -0.497 e. The second-order valence-electron chi connectivity index (χ2n) is 6.97. The molecule has 7 nitrogen and oxygen atoms in total. The number of fused-ring (bicyclic) bond motifs is 1. The molecule has 0 radical (unpaired) electrons. The summed E-state index contributed by atoms with van der Waals surface area (Å²) in [5.41, 5.74) is 2.51. The van der Waals surface area contributed by atoms with Gasteiger partial charge in [0.05, 0.1) is 12.8 Å². The van der Waals surface area contributed by atoms with Gasteiger partial charge in [-0.15, -0.1) is 0 Å². The third kappa shape index (κ3) is 4.09. The van der Waals surface area contributed by atoms with Crippen molar-refractivity contribution in [1.82, 2.24) is 14.3 Å². The Balaban J connectivity index is 2.15. The maximum atomic E-state index is 13.2. The lowest BCUT2D eigenvalue weighted by molar-refractivity contribution is -0.122. The number of hydrogen-bond donors (Lipinski definition) is 2. The number of benzene rings is 1. The molecule has 0 spiro atoms. The Morgan fingerprint density at radius 2 is 1.93 bits per heavy atom. The molecule has 1 aromatic carbocycles. The van der Waals surface area contributed by atoms with E-state index in [0.29, 0.717) is 23.4 Å². The Hall–Kier alpha value is -3.06. The molecular formula is C21H25N3O4. The van der Waals surface area contributed by atoms with Crippen molar-refractivity contribution < 1.29 is 14.6 Å². The summed E-state index contributed by atoms with van der Waals surface area (Å²) in [5.74, 6) is 0.487. The highest BCUT2D eigenvalue weighted by atomic mass is 16.5. The van der Waals surface area contributed by atoms with Gasteiger partial charge in [0.25, 0.3) is 5.56 Å². The maximum Gasteiger partial charge on any atom is 0.275 e. The van der Waals surface area contributed by atoms with Gasteiger partial charge in [0.2, 0.25) is 5.91 Å². The molecule has 0 fully saturated rings. The zero-order valence-electron chi connectivity index (χ0n) is 16.3. The molecule has 2 aromatic heterocycles. The fraction of sp³-hybridized carbons (Fsp3) is 0.333. The Bertz CT molecular complexity index is 1030. The minimum atomic E-state index is -0.253. The van der Waals surface area contributed by atoms with Crippen LogP contribution >= 0.6 is 0 Å². The highest BCUT2D eigenvalue weighted by Crippen LogP contribution is 2.22. The number of aliphatic hydroxyl groups excluding tert-OH is 1. The predicted molar refractivity (Wildman–Crippen MR) is 108 cm³/mol. The van der Waals surface area contributed by atoms with E-state index in [1.807, 2.05) is 50.5 Å². The first-order valence-corrected chi connectivity index (χ1v) is 9.22. The van der Waals surface area contributed by atoms with Gasteiger partial charge in [0.15, 0.2) is 0 Å². The molecule has 28 heavy (non-hydrogen) atoms. The van der Waals surface area contributed by atoms with Crippen molar-refractivity contribution in [2.45, 2.75) is 32.9 Å². The summed E-state index contributed by atoms with van der Waals surface area (Å²) in [7, 11) is 1.59. The fourth-order valence-corrected chi connectivity index (χ4v) is 3.19. The number of aromatic nitrogens is 2. The molecular weight excluding hydrogens is 358 g/mol. The molecule has 7 heteroatoms. The molecule has 0 saturated carbocycles. The third-order valence-electron chi connectivity index (χ3n) is 4.46. The van der Waals surface area contributed by atoms with E-state index in [-0.39, 0.29) is 30.7 Å².